The molecule has 0 spiro atoms. The van der Waals surface area contributed by atoms with Gasteiger partial charge in [0.1, 0.15) is 23.1 Å². The van der Waals surface area contributed by atoms with Crippen molar-refractivity contribution in [3.63, 3.8) is 0 Å². The summed E-state index contributed by atoms with van der Waals surface area (Å²) >= 11 is 0. The highest BCUT2D eigenvalue weighted by atomic mass is 19.1. The number of aryl methyl sites for hydroxylation is 2. The number of carbonyl (C=O) groups is 1. The molecule has 0 bridgehead atoms. The van der Waals surface area contributed by atoms with Gasteiger partial charge in [-0.15, -0.1) is 10.2 Å². The van der Waals surface area contributed by atoms with Crippen molar-refractivity contribution in [3.8, 4) is 39.5 Å². The molecule has 10 heteroatoms. The van der Waals surface area contributed by atoms with Crippen LogP contribution in [0.2, 0.25) is 0 Å². The summed E-state index contributed by atoms with van der Waals surface area (Å²) in [5, 5.41) is 12.3. The lowest BCUT2D eigenvalue weighted by atomic mass is 9.91. The zero-order chi connectivity index (χ0) is 24.0. The lowest BCUT2D eigenvalue weighted by Crippen LogP contribution is -2.18. The van der Waals surface area contributed by atoms with Crippen LogP contribution in [0.1, 0.15) is 23.0 Å². The van der Waals surface area contributed by atoms with E-state index in [9.17, 15) is 13.6 Å². The molecule has 4 aromatic rings. The van der Waals surface area contributed by atoms with Gasteiger partial charge in [-0.2, -0.15) is 4.80 Å². The maximum atomic E-state index is 14.1. The first-order valence-corrected chi connectivity index (χ1v) is 10.7. The summed E-state index contributed by atoms with van der Waals surface area (Å²) in [5.74, 6) is -0.962. The monoisotopic (exact) mass is 465 g/mol. The maximum absolute atomic E-state index is 14.1. The fourth-order valence-corrected chi connectivity index (χ4v) is 4.39. The minimum absolute atomic E-state index is 0.208. The van der Waals surface area contributed by atoms with Crippen molar-refractivity contribution in [2.45, 2.75) is 19.9 Å². The fraction of sp³-hybridized carbons (Fsp3) is 0.250. The number of ether oxygens (including phenoxy) is 2. The third-order valence-corrected chi connectivity index (χ3v) is 5.79. The number of rotatable bonds is 5. The highest BCUT2D eigenvalue weighted by Crippen LogP contribution is 2.44. The second-order valence-electron chi connectivity index (χ2n) is 7.88. The summed E-state index contributed by atoms with van der Waals surface area (Å²) in [7, 11) is 3.22. The highest BCUT2D eigenvalue weighted by Gasteiger charge is 2.29. The molecule has 0 aliphatic carbocycles. The van der Waals surface area contributed by atoms with Gasteiger partial charge in [0.2, 0.25) is 5.82 Å². The van der Waals surface area contributed by atoms with E-state index in [4.69, 9.17) is 9.47 Å². The molecule has 0 N–H and O–H groups in total. The van der Waals surface area contributed by atoms with Gasteiger partial charge in [0.15, 0.2) is 0 Å². The van der Waals surface area contributed by atoms with Crippen molar-refractivity contribution in [2.75, 3.05) is 13.7 Å². The molecule has 2 aromatic carbocycles. The third-order valence-electron chi connectivity index (χ3n) is 5.79. The summed E-state index contributed by atoms with van der Waals surface area (Å²) in [6.45, 7) is 2.42. The van der Waals surface area contributed by atoms with Gasteiger partial charge >= 0.3 is 5.97 Å². The minimum atomic E-state index is -0.706. The average Bonchev–Trinajstić information content (AvgIpc) is 3.41. The quantitative estimate of drug-likeness (QED) is 0.414. The van der Waals surface area contributed by atoms with Gasteiger partial charge in [-0.05, 0) is 60.0 Å². The number of aromatic nitrogens is 5. The lowest BCUT2D eigenvalue weighted by molar-refractivity contribution is 0.0514. The summed E-state index contributed by atoms with van der Waals surface area (Å²) in [4.78, 5) is 14.1. The van der Waals surface area contributed by atoms with Crippen molar-refractivity contribution in [2.24, 2.45) is 7.05 Å². The molecule has 0 saturated heterocycles. The predicted octanol–water partition coefficient (Wildman–Crippen LogP) is 4.03. The van der Waals surface area contributed by atoms with Crippen molar-refractivity contribution < 1.29 is 23.0 Å². The molecule has 34 heavy (non-hydrogen) atoms. The Morgan fingerprint density at radius 3 is 2.47 bits per heavy atom. The third kappa shape index (κ3) is 3.60. The van der Waals surface area contributed by atoms with Gasteiger partial charge in [-0.1, -0.05) is 0 Å². The Balaban J connectivity index is 1.79. The molecule has 174 valence electrons. The zero-order valence-electron chi connectivity index (χ0n) is 18.8. The summed E-state index contributed by atoms with van der Waals surface area (Å²) in [6.07, 6.45) is 0.616. The molecule has 0 atom stereocenters. The Labute approximate surface area is 193 Å². The average molecular weight is 465 g/mol. The summed E-state index contributed by atoms with van der Waals surface area (Å²) in [6, 6.07) is 8.70. The molecule has 0 amide bonds. The minimum Gasteiger partial charge on any atom is -0.496 e. The first-order valence-electron chi connectivity index (χ1n) is 10.7. The fourth-order valence-electron chi connectivity index (χ4n) is 4.39. The normalized spacial score (nSPS) is 12.3. The lowest BCUT2D eigenvalue weighted by Gasteiger charge is -2.24. The Hall–Kier alpha value is -4.08. The van der Waals surface area contributed by atoms with Gasteiger partial charge in [-0.25, -0.2) is 13.6 Å². The number of benzene rings is 2. The number of halogens is 2. The molecule has 1 aliphatic heterocycles. The first kappa shape index (κ1) is 21.7. The molecule has 8 nitrogen and oxygen atoms in total. The van der Waals surface area contributed by atoms with Crippen LogP contribution in [0.5, 0.6) is 5.75 Å². The number of carbonyl (C=O) groups excluding carboxylic acids is 1. The van der Waals surface area contributed by atoms with E-state index in [0.29, 0.717) is 52.6 Å². The zero-order valence-corrected chi connectivity index (χ0v) is 18.8. The first-order chi connectivity index (χ1) is 16.4. The van der Waals surface area contributed by atoms with Crippen molar-refractivity contribution in [1.29, 1.82) is 0 Å². The molecule has 5 rings (SSSR count). The molecule has 0 unspecified atom stereocenters. The maximum Gasteiger partial charge on any atom is 0.354 e. The van der Waals surface area contributed by atoms with Crippen molar-refractivity contribution >= 4 is 5.97 Å². The number of hydrogen-bond donors (Lipinski definition) is 0. The Kier molecular flexibility index (Phi) is 5.35. The summed E-state index contributed by atoms with van der Waals surface area (Å²) in [5.41, 5.74) is 4.16. The summed E-state index contributed by atoms with van der Waals surface area (Å²) < 4.78 is 40.9. The Bertz CT molecular complexity index is 1410. The van der Waals surface area contributed by atoms with Crippen LogP contribution in [0, 0.1) is 11.6 Å². The van der Waals surface area contributed by atoms with Gasteiger partial charge < -0.3 is 14.0 Å². The number of esters is 1. The van der Waals surface area contributed by atoms with Crippen LogP contribution in [-0.4, -0.2) is 44.5 Å². The second-order valence-corrected chi connectivity index (χ2v) is 7.88. The van der Waals surface area contributed by atoms with Crippen molar-refractivity contribution in [1.82, 2.24) is 24.8 Å². The number of nitrogens with zero attached hydrogens (tertiary/aromatic N) is 5. The van der Waals surface area contributed by atoms with Crippen LogP contribution in [0.4, 0.5) is 8.78 Å². The van der Waals surface area contributed by atoms with Crippen LogP contribution in [0.3, 0.4) is 0 Å². The van der Waals surface area contributed by atoms with Gasteiger partial charge in [0.25, 0.3) is 0 Å². The second kappa shape index (κ2) is 8.36. The Morgan fingerprint density at radius 1 is 1.06 bits per heavy atom. The highest BCUT2D eigenvalue weighted by molar-refractivity contribution is 5.96. The van der Waals surface area contributed by atoms with E-state index in [2.05, 4.69) is 15.4 Å². The van der Waals surface area contributed by atoms with Crippen molar-refractivity contribution in [3.05, 3.63) is 59.3 Å². The molecule has 0 fully saturated rings. The number of hydrogen-bond acceptors (Lipinski definition) is 6. The van der Waals surface area contributed by atoms with Gasteiger partial charge in [0.05, 0.1) is 32.0 Å². The molecular formula is C24H21F2N5O3. The van der Waals surface area contributed by atoms with E-state index in [1.165, 1.54) is 16.9 Å². The Morgan fingerprint density at radius 2 is 1.82 bits per heavy atom. The van der Waals surface area contributed by atoms with Crippen LogP contribution in [0.25, 0.3) is 33.8 Å². The molecule has 0 saturated carbocycles. The van der Waals surface area contributed by atoms with E-state index < -0.39 is 17.6 Å². The van der Waals surface area contributed by atoms with E-state index >= 15 is 0 Å². The van der Waals surface area contributed by atoms with Gasteiger partial charge in [-0.3, -0.25) is 0 Å². The van der Waals surface area contributed by atoms with Crippen LogP contribution < -0.4 is 4.74 Å². The largest absolute Gasteiger partial charge is 0.496 e. The van der Waals surface area contributed by atoms with Crippen LogP contribution in [0.15, 0.2) is 36.4 Å². The number of tetrazole rings is 1. The molecule has 0 radical (unpaired) electrons. The molecular weight excluding hydrogens is 444 g/mol. The smallest absolute Gasteiger partial charge is 0.354 e. The van der Waals surface area contributed by atoms with E-state index in [1.807, 2.05) is 16.7 Å². The predicted molar refractivity (Wildman–Crippen MR) is 119 cm³/mol. The van der Waals surface area contributed by atoms with Crippen LogP contribution in [-0.2, 0) is 24.8 Å². The van der Waals surface area contributed by atoms with E-state index in [0.717, 1.165) is 17.2 Å². The van der Waals surface area contributed by atoms with E-state index in [-0.39, 0.29) is 6.61 Å². The molecule has 3 heterocycles. The van der Waals surface area contributed by atoms with Gasteiger partial charge in [0, 0.05) is 23.7 Å². The number of methoxy groups -OCH3 is 1. The number of fused-ring (bicyclic) bond motifs is 3. The van der Waals surface area contributed by atoms with E-state index in [1.54, 1.807) is 27.1 Å². The standard InChI is InChI=1S/C24H21F2N5O3/c1-4-34-24(32)20-12-18(14-7-15(25)10-16(26)8-14)22-17-11-19(23-27-29-30(2)28-23)21(33-3)9-13(17)5-6-31(20)22/h7-12H,4-6H2,1-3H3. The topological polar surface area (TPSA) is 84.1 Å². The molecule has 2 aromatic heterocycles. The molecule has 1 aliphatic rings. The SMILES string of the molecule is CCOC(=O)c1cc(-c2cc(F)cc(F)c2)c2n1CCc1cc(OC)c(-c3nnn(C)n3)cc1-2. The van der Waals surface area contributed by atoms with Crippen LogP contribution >= 0.6 is 0 Å².